The molecule has 0 radical (unpaired) electrons. The summed E-state index contributed by atoms with van der Waals surface area (Å²) < 4.78 is 5.16. The third-order valence-electron chi connectivity index (χ3n) is 2.97. The molecule has 0 aliphatic heterocycles. The second-order valence-corrected chi connectivity index (χ2v) is 4.54. The molecule has 1 aromatic heterocycles. The number of nitrogens with one attached hydrogen (secondary N) is 1. The van der Waals surface area contributed by atoms with E-state index in [1.807, 2.05) is 19.1 Å². The molecule has 0 saturated heterocycles. The van der Waals surface area contributed by atoms with Crippen LogP contribution in [0, 0.1) is 17.0 Å². The molecule has 0 bridgehead atoms. The molecule has 2 aromatic rings. The van der Waals surface area contributed by atoms with Crippen LogP contribution in [0.2, 0.25) is 0 Å². The van der Waals surface area contributed by atoms with Gasteiger partial charge in [-0.1, -0.05) is 18.2 Å². The lowest BCUT2D eigenvalue weighted by molar-refractivity contribution is -0.385. The summed E-state index contributed by atoms with van der Waals surface area (Å²) in [5, 5.41) is 13.4. The van der Waals surface area contributed by atoms with Gasteiger partial charge in [-0.2, -0.15) is 0 Å². The molecule has 2 rings (SSSR count). The van der Waals surface area contributed by atoms with Crippen LogP contribution < -0.4 is 5.32 Å². The molecule has 7 nitrogen and oxygen atoms in total. The minimum atomic E-state index is -0.513. The van der Waals surface area contributed by atoms with Gasteiger partial charge in [-0.3, -0.25) is 10.1 Å². The maximum atomic E-state index is 11.9. The Hall–Kier alpha value is -2.96. The lowest BCUT2D eigenvalue weighted by atomic mass is 10.1. The third-order valence-corrected chi connectivity index (χ3v) is 2.97. The van der Waals surface area contributed by atoms with E-state index in [1.54, 1.807) is 12.1 Å². The van der Waals surface area contributed by atoms with Gasteiger partial charge in [0.05, 0.1) is 17.0 Å². The van der Waals surface area contributed by atoms with Crippen LogP contribution in [0.1, 0.15) is 15.9 Å². The average Bonchev–Trinajstić information content (AvgIpc) is 2.52. The Labute approximate surface area is 127 Å². The molecule has 0 unspecified atom stereocenters. The van der Waals surface area contributed by atoms with Gasteiger partial charge in [-0.05, 0) is 24.6 Å². The minimum Gasteiger partial charge on any atom is -0.460 e. The Balaban J connectivity index is 1.78. The Kier molecular flexibility index (Phi) is 5.02. The fourth-order valence-corrected chi connectivity index (χ4v) is 1.80. The number of nitrogens with zero attached hydrogens (tertiary/aromatic N) is 2. The van der Waals surface area contributed by atoms with Crippen molar-refractivity contribution in [1.29, 1.82) is 0 Å². The van der Waals surface area contributed by atoms with Gasteiger partial charge in [0.2, 0.25) is 0 Å². The van der Waals surface area contributed by atoms with Gasteiger partial charge in [-0.15, -0.1) is 0 Å². The first-order valence-corrected chi connectivity index (χ1v) is 6.65. The number of aryl methyl sites for hydroxylation is 1. The average molecular weight is 301 g/mol. The highest BCUT2D eigenvalue weighted by molar-refractivity contribution is 5.90. The molecule has 0 aliphatic carbocycles. The van der Waals surface area contributed by atoms with Crippen LogP contribution in [0.25, 0.3) is 0 Å². The van der Waals surface area contributed by atoms with Crippen LogP contribution in [0.15, 0.2) is 42.6 Å². The Morgan fingerprint density at radius 2 is 2.09 bits per heavy atom. The molecule has 1 heterocycles. The predicted molar refractivity (Wildman–Crippen MR) is 80.8 cm³/mol. The van der Waals surface area contributed by atoms with E-state index in [1.165, 1.54) is 18.3 Å². The maximum Gasteiger partial charge on any atom is 0.338 e. The highest BCUT2D eigenvalue weighted by Crippen LogP contribution is 2.11. The van der Waals surface area contributed by atoms with E-state index in [9.17, 15) is 14.9 Å². The Morgan fingerprint density at radius 1 is 1.32 bits per heavy atom. The van der Waals surface area contributed by atoms with Crippen molar-refractivity contribution in [2.24, 2.45) is 0 Å². The zero-order valence-electron chi connectivity index (χ0n) is 12.0. The standard InChI is InChI=1S/C15H15N3O4/c1-11-4-2-3-5-13(11)15(19)22-9-8-16-14-7-6-12(10-17-14)18(20)21/h2-7,10H,8-9H2,1H3,(H,16,17). The van der Waals surface area contributed by atoms with Gasteiger partial charge < -0.3 is 10.1 Å². The van der Waals surface area contributed by atoms with Crippen LogP contribution in [-0.4, -0.2) is 29.0 Å². The van der Waals surface area contributed by atoms with Crippen molar-refractivity contribution in [3.8, 4) is 0 Å². The highest BCUT2D eigenvalue weighted by Gasteiger charge is 2.09. The van der Waals surface area contributed by atoms with Crippen molar-refractivity contribution in [3.05, 3.63) is 63.8 Å². The van der Waals surface area contributed by atoms with Crippen molar-refractivity contribution in [1.82, 2.24) is 4.98 Å². The number of nitro groups is 1. The molecule has 114 valence electrons. The zero-order valence-corrected chi connectivity index (χ0v) is 12.0. The summed E-state index contributed by atoms with van der Waals surface area (Å²) in [6, 6.07) is 10.0. The molecule has 0 amide bonds. The lowest BCUT2D eigenvalue weighted by Crippen LogP contribution is -2.15. The van der Waals surface area contributed by atoms with E-state index < -0.39 is 4.92 Å². The van der Waals surface area contributed by atoms with E-state index >= 15 is 0 Å². The number of rotatable bonds is 6. The van der Waals surface area contributed by atoms with E-state index in [0.29, 0.717) is 17.9 Å². The molecule has 0 spiro atoms. The molecule has 0 saturated carbocycles. The van der Waals surface area contributed by atoms with Crippen molar-refractivity contribution in [2.45, 2.75) is 6.92 Å². The molecule has 1 aromatic carbocycles. The number of benzene rings is 1. The molecule has 0 atom stereocenters. The van der Waals surface area contributed by atoms with Gasteiger partial charge in [0, 0.05) is 6.07 Å². The van der Waals surface area contributed by atoms with Gasteiger partial charge in [0.25, 0.3) is 5.69 Å². The number of carbonyl (C=O) groups excluding carboxylic acids is 1. The number of hydrogen-bond donors (Lipinski definition) is 1. The topological polar surface area (TPSA) is 94.4 Å². The Bertz CT molecular complexity index is 671. The van der Waals surface area contributed by atoms with Crippen molar-refractivity contribution >= 4 is 17.5 Å². The number of pyridine rings is 1. The molecule has 22 heavy (non-hydrogen) atoms. The minimum absolute atomic E-state index is 0.0727. The van der Waals surface area contributed by atoms with Gasteiger partial charge in [0.1, 0.15) is 18.6 Å². The summed E-state index contributed by atoms with van der Waals surface area (Å²) in [4.78, 5) is 25.7. The summed E-state index contributed by atoms with van der Waals surface area (Å²) in [5.41, 5.74) is 1.32. The van der Waals surface area contributed by atoms with E-state index in [-0.39, 0.29) is 18.3 Å². The lowest BCUT2D eigenvalue weighted by Gasteiger charge is -2.08. The second kappa shape index (κ2) is 7.16. The molecular weight excluding hydrogens is 286 g/mol. The van der Waals surface area contributed by atoms with Gasteiger partial charge in [0.15, 0.2) is 0 Å². The largest absolute Gasteiger partial charge is 0.460 e. The second-order valence-electron chi connectivity index (χ2n) is 4.54. The number of carbonyl (C=O) groups is 1. The number of esters is 1. The van der Waals surface area contributed by atoms with E-state index in [2.05, 4.69) is 10.3 Å². The predicted octanol–water partition coefficient (Wildman–Crippen LogP) is 2.57. The summed E-state index contributed by atoms with van der Waals surface area (Å²) >= 11 is 0. The summed E-state index contributed by atoms with van der Waals surface area (Å²) in [6.45, 7) is 2.38. The maximum absolute atomic E-state index is 11.9. The number of ether oxygens (including phenoxy) is 1. The van der Waals surface area contributed by atoms with Crippen LogP contribution in [0.4, 0.5) is 11.5 Å². The zero-order chi connectivity index (χ0) is 15.9. The smallest absolute Gasteiger partial charge is 0.338 e. The highest BCUT2D eigenvalue weighted by atomic mass is 16.6. The summed E-state index contributed by atoms with van der Waals surface area (Å²) in [7, 11) is 0. The SMILES string of the molecule is Cc1ccccc1C(=O)OCCNc1ccc([N+](=O)[O-])cn1. The first kappa shape index (κ1) is 15.4. The number of hydrogen-bond acceptors (Lipinski definition) is 6. The molecular formula is C15H15N3O4. The van der Waals surface area contributed by atoms with Crippen LogP contribution in [0.3, 0.4) is 0 Å². The summed E-state index contributed by atoms with van der Waals surface area (Å²) in [6.07, 6.45) is 1.17. The fourth-order valence-electron chi connectivity index (χ4n) is 1.80. The van der Waals surface area contributed by atoms with E-state index in [4.69, 9.17) is 4.74 Å². The normalized spacial score (nSPS) is 10.0. The number of anilines is 1. The van der Waals surface area contributed by atoms with Gasteiger partial charge in [-0.25, -0.2) is 9.78 Å². The monoisotopic (exact) mass is 301 g/mol. The molecule has 0 aliphatic rings. The first-order valence-electron chi connectivity index (χ1n) is 6.65. The fraction of sp³-hybridized carbons (Fsp3) is 0.200. The Morgan fingerprint density at radius 3 is 2.73 bits per heavy atom. The molecule has 7 heteroatoms. The van der Waals surface area contributed by atoms with Crippen LogP contribution in [0.5, 0.6) is 0 Å². The third kappa shape index (κ3) is 4.02. The molecule has 1 N–H and O–H groups in total. The van der Waals surface area contributed by atoms with Crippen molar-refractivity contribution in [2.75, 3.05) is 18.5 Å². The van der Waals surface area contributed by atoms with Crippen LogP contribution >= 0.6 is 0 Å². The first-order chi connectivity index (χ1) is 10.6. The van der Waals surface area contributed by atoms with Gasteiger partial charge >= 0.3 is 5.97 Å². The van der Waals surface area contributed by atoms with Crippen molar-refractivity contribution in [3.63, 3.8) is 0 Å². The van der Waals surface area contributed by atoms with Crippen LogP contribution in [-0.2, 0) is 4.74 Å². The van der Waals surface area contributed by atoms with Crippen molar-refractivity contribution < 1.29 is 14.5 Å². The summed E-state index contributed by atoms with van der Waals surface area (Å²) in [5.74, 6) is 0.106. The molecule has 0 fully saturated rings. The number of aromatic nitrogens is 1. The van der Waals surface area contributed by atoms with E-state index in [0.717, 1.165) is 5.56 Å². The quantitative estimate of drug-likeness (QED) is 0.381.